The van der Waals surface area contributed by atoms with E-state index in [-0.39, 0.29) is 10.8 Å². The lowest BCUT2D eigenvalue weighted by atomic mass is 9.79. The largest absolute Gasteiger partial charge is 0.507 e. The first-order valence-corrected chi connectivity index (χ1v) is 16.5. The Labute approximate surface area is 253 Å². The van der Waals surface area contributed by atoms with Crippen LogP contribution < -0.4 is 20.8 Å². The SMILES string of the molecule is CN(C)CCN(Cc1cc(C(C)(C)C)cc(C(C)(C)C)c1O)c1ccccc1P(=O)(c1ccccc1)c1ccccc1. The molecule has 1 N–H and O–H groups in total. The lowest BCUT2D eigenvalue weighted by Crippen LogP contribution is -2.36. The van der Waals surface area contributed by atoms with Gasteiger partial charge in [-0.2, -0.15) is 0 Å². The molecule has 5 heteroatoms. The van der Waals surface area contributed by atoms with Crippen LogP contribution in [0.2, 0.25) is 0 Å². The quantitative estimate of drug-likeness (QED) is 0.212. The molecule has 0 heterocycles. The van der Waals surface area contributed by atoms with Gasteiger partial charge in [-0.25, -0.2) is 0 Å². The van der Waals surface area contributed by atoms with Crippen molar-refractivity contribution in [3.05, 3.63) is 114 Å². The zero-order chi connectivity index (χ0) is 30.7. The molecule has 0 saturated carbocycles. The third kappa shape index (κ3) is 6.83. The summed E-state index contributed by atoms with van der Waals surface area (Å²) in [6.07, 6.45) is 0. The van der Waals surface area contributed by atoms with Crippen molar-refractivity contribution < 1.29 is 9.67 Å². The molecule has 0 atom stereocenters. The van der Waals surface area contributed by atoms with Gasteiger partial charge in [-0.3, -0.25) is 0 Å². The lowest BCUT2D eigenvalue weighted by molar-refractivity contribution is 0.410. The summed E-state index contributed by atoms with van der Waals surface area (Å²) in [5, 5.41) is 14.1. The maximum absolute atomic E-state index is 15.5. The molecule has 0 aliphatic heterocycles. The van der Waals surface area contributed by atoms with Crippen LogP contribution in [0.4, 0.5) is 5.69 Å². The first kappa shape index (κ1) is 31.6. The van der Waals surface area contributed by atoms with Gasteiger partial charge in [0.25, 0.3) is 0 Å². The molecule has 4 nitrogen and oxygen atoms in total. The third-order valence-electron chi connectivity index (χ3n) is 7.84. The zero-order valence-corrected chi connectivity index (χ0v) is 27.5. The number of phenols is 1. The van der Waals surface area contributed by atoms with E-state index >= 15 is 4.57 Å². The van der Waals surface area contributed by atoms with E-state index in [0.29, 0.717) is 18.8 Å². The molecule has 0 unspecified atom stereocenters. The van der Waals surface area contributed by atoms with Crippen molar-refractivity contribution in [2.24, 2.45) is 0 Å². The Morgan fingerprint density at radius 2 is 1.21 bits per heavy atom. The Morgan fingerprint density at radius 1 is 0.690 bits per heavy atom. The van der Waals surface area contributed by atoms with E-state index < -0.39 is 7.14 Å². The standard InChI is InChI=1S/C37H47N2O2P/c1-36(2,3)29-25-28(35(40)32(26-29)37(4,5)6)27-39(24-23-38(7)8)33-21-15-16-22-34(33)42(41,30-17-11-9-12-18-30)31-19-13-10-14-20-31/h9-22,25-26,40H,23-24,27H2,1-8H3. The fourth-order valence-electron chi connectivity index (χ4n) is 5.33. The monoisotopic (exact) mass is 582 g/mol. The predicted molar refractivity (Wildman–Crippen MR) is 181 cm³/mol. The van der Waals surface area contributed by atoms with Gasteiger partial charge in [0, 0.05) is 46.8 Å². The van der Waals surface area contributed by atoms with Crippen molar-refractivity contribution in [3.63, 3.8) is 0 Å². The van der Waals surface area contributed by atoms with Crippen molar-refractivity contribution in [1.82, 2.24) is 4.90 Å². The minimum Gasteiger partial charge on any atom is -0.507 e. The van der Waals surface area contributed by atoms with Gasteiger partial charge >= 0.3 is 0 Å². The predicted octanol–water partition coefficient (Wildman–Crippen LogP) is 7.19. The molecule has 0 aromatic heterocycles. The number of aromatic hydroxyl groups is 1. The zero-order valence-electron chi connectivity index (χ0n) is 26.6. The first-order valence-electron chi connectivity index (χ1n) is 14.8. The molecule has 0 amide bonds. The van der Waals surface area contributed by atoms with Crippen LogP contribution in [0.1, 0.15) is 58.2 Å². The Morgan fingerprint density at radius 3 is 1.71 bits per heavy atom. The molecule has 0 fully saturated rings. The molecule has 222 valence electrons. The van der Waals surface area contributed by atoms with E-state index in [1.165, 1.54) is 5.56 Å². The first-order chi connectivity index (χ1) is 19.7. The van der Waals surface area contributed by atoms with Gasteiger partial charge in [-0.05, 0) is 54.3 Å². The fourth-order valence-corrected chi connectivity index (χ4v) is 8.20. The molecule has 4 aromatic rings. The van der Waals surface area contributed by atoms with Crippen LogP contribution in [0.3, 0.4) is 0 Å². The molecule has 0 bridgehead atoms. The van der Waals surface area contributed by atoms with Crippen molar-refractivity contribution in [2.45, 2.75) is 58.9 Å². The number of hydrogen-bond donors (Lipinski definition) is 1. The van der Waals surface area contributed by atoms with Gasteiger partial charge in [0.15, 0.2) is 7.14 Å². The average Bonchev–Trinajstić information content (AvgIpc) is 2.95. The van der Waals surface area contributed by atoms with Crippen LogP contribution in [0.25, 0.3) is 0 Å². The lowest BCUT2D eigenvalue weighted by Gasteiger charge is -2.33. The van der Waals surface area contributed by atoms with Gasteiger partial charge in [-0.1, -0.05) is 120 Å². The van der Waals surface area contributed by atoms with E-state index in [4.69, 9.17) is 0 Å². The van der Waals surface area contributed by atoms with E-state index in [9.17, 15) is 5.11 Å². The molecule has 0 aliphatic carbocycles. The highest BCUT2D eigenvalue weighted by molar-refractivity contribution is 7.85. The van der Waals surface area contributed by atoms with Crippen LogP contribution in [0, 0.1) is 0 Å². The van der Waals surface area contributed by atoms with Gasteiger partial charge < -0.3 is 19.5 Å². The minimum absolute atomic E-state index is 0.0782. The van der Waals surface area contributed by atoms with E-state index in [2.05, 4.69) is 83.6 Å². The van der Waals surface area contributed by atoms with E-state index in [1.54, 1.807) is 0 Å². The number of anilines is 1. The van der Waals surface area contributed by atoms with Crippen LogP contribution in [0.5, 0.6) is 5.75 Å². The van der Waals surface area contributed by atoms with Gasteiger partial charge in [0.05, 0.1) is 0 Å². The number of nitrogens with zero attached hydrogens (tertiary/aromatic N) is 2. The number of benzene rings is 4. The summed E-state index contributed by atoms with van der Waals surface area (Å²) < 4.78 is 15.5. The minimum atomic E-state index is -3.22. The molecule has 4 aromatic carbocycles. The molecule has 0 aliphatic rings. The molecule has 0 spiro atoms. The van der Waals surface area contributed by atoms with Crippen molar-refractivity contribution >= 4 is 28.7 Å². The highest BCUT2D eigenvalue weighted by atomic mass is 31.2. The number of phenolic OH excluding ortho intramolecular Hbond substituents is 1. The van der Waals surface area contributed by atoms with Gasteiger partial charge in [0.2, 0.25) is 0 Å². The van der Waals surface area contributed by atoms with Gasteiger partial charge in [0.1, 0.15) is 5.75 Å². The topological polar surface area (TPSA) is 43.8 Å². The highest BCUT2D eigenvalue weighted by Crippen LogP contribution is 2.46. The number of para-hydroxylation sites is 1. The molecular weight excluding hydrogens is 535 g/mol. The fraction of sp³-hybridized carbons (Fsp3) is 0.351. The second-order valence-electron chi connectivity index (χ2n) is 13.5. The second kappa shape index (κ2) is 12.5. The van der Waals surface area contributed by atoms with Crippen LogP contribution in [0.15, 0.2) is 97.1 Å². The van der Waals surface area contributed by atoms with Crippen molar-refractivity contribution in [2.75, 3.05) is 32.1 Å². The maximum atomic E-state index is 15.5. The summed E-state index contributed by atoms with van der Waals surface area (Å²) >= 11 is 0. The second-order valence-corrected chi connectivity index (χ2v) is 16.3. The normalized spacial score (nSPS) is 12.5. The Balaban J connectivity index is 1.94. The number of hydrogen-bond acceptors (Lipinski definition) is 4. The molecular formula is C37H47N2O2P. The summed E-state index contributed by atoms with van der Waals surface area (Å²) in [6.45, 7) is 15.1. The van der Waals surface area contributed by atoms with Crippen molar-refractivity contribution in [3.8, 4) is 5.75 Å². The molecule has 42 heavy (non-hydrogen) atoms. The summed E-state index contributed by atoms with van der Waals surface area (Å²) in [7, 11) is 0.914. The Kier molecular flexibility index (Phi) is 9.40. The summed E-state index contributed by atoms with van der Waals surface area (Å²) in [4.78, 5) is 4.46. The summed E-state index contributed by atoms with van der Waals surface area (Å²) in [5.41, 5.74) is 3.65. The number of rotatable bonds is 9. The molecule has 0 saturated heterocycles. The van der Waals surface area contributed by atoms with E-state index in [1.807, 2.05) is 78.9 Å². The Hall–Kier alpha value is -3.33. The average molecular weight is 583 g/mol. The van der Waals surface area contributed by atoms with Gasteiger partial charge in [-0.15, -0.1) is 0 Å². The Bertz CT molecular complexity index is 1490. The van der Waals surface area contributed by atoms with Crippen molar-refractivity contribution in [1.29, 1.82) is 0 Å². The van der Waals surface area contributed by atoms with E-state index in [0.717, 1.165) is 39.3 Å². The van der Waals surface area contributed by atoms with Crippen LogP contribution >= 0.6 is 7.14 Å². The third-order valence-corrected chi connectivity index (χ3v) is 10.9. The van der Waals surface area contributed by atoms with Crippen LogP contribution in [-0.4, -0.2) is 37.2 Å². The maximum Gasteiger partial charge on any atom is 0.173 e. The van der Waals surface area contributed by atoms with Crippen LogP contribution in [-0.2, 0) is 21.9 Å². The molecule has 0 radical (unpaired) electrons. The molecule has 4 rings (SSSR count). The summed E-state index contributed by atoms with van der Waals surface area (Å²) in [6, 6.07) is 32.1. The number of likely N-dealkylation sites (N-methyl/N-ethyl adjacent to an activating group) is 1. The smallest absolute Gasteiger partial charge is 0.173 e. The summed E-state index contributed by atoms with van der Waals surface area (Å²) in [5.74, 6) is 0.345. The highest BCUT2D eigenvalue weighted by Gasteiger charge is 2.34.